The predicted molar refractivity (Wildman–Crippen MR) is 58.0 cm³/mol. The zero-order valence-corrected chi connectivity index (χ0v) is 8.14. The molecule has 0 amide bonds. The number of allylic oxidation sites excluding steroid dienone is 3. The van der Waals surface area contributed by atoms with Gasteiger partial charge in [-0.15, -0.1) is 0 Å². The molecule has 0 aromatic rings. The predicted octanol–water partition coefficient (Wildman–Crippen LogP) is 2.83. The summed E-state index contributed by atoms with van der Waals surface area (Å²) >= 11 is 0. The zero-order chi connectivity index (χ0) is 9.98. The van der Waals surface area contributed by atoms with Crippen molar-refractivity contribution >= 4 is 0 Å². The van der Waals surface area contributed by atoms with Crippen molar-refractivity contribution in [2.24, 2.45) is 5.73 Å². The van der Waals surface area contributed by atoms with Gasteiger partial charge in [-0.05, 0) is 11.1 Å². The molecule has 0 fully saturated rings. The first-order valence-electron chi connectivity index (χ1n) is 4.10. The van der Waals surface area contributed by atoms with Gasteiger partial charge < -0.3 is 5.73 Å². The van der Waals surface area contributed by atoms with Gasteiger partial charge in [-0.1, -0.05) is 51.8 Å². The quantitative estimate of drug-likeness (QED) is 0.637. The molecule has 0 aliphatic rings. The van der Waals surface area contributed by atoms with Crippen molar-refractivity contribution in [1.82, 2.24) is 0 Å². The topological polar surface area (TPSA) is 26.0 Å². The van der Waals surface area contributed by atoms with E-state index in [9.17, 15) is 0 Å². The molecule has 1 heteroatoms. The number of rotatable bonds is 4. The van der Waals surface area contributed by atoms with Gasteiger partial charge in [0.25, 0.3) is 0 Å². The Kier molecular flexibility index (Phi) is 11.2. The lowest BCUT2D eigenvalue weighted by atomic mass is 10.1. The van der Waals surface area contributed by atoms with E-state index in [1.807, 2.05) is 13.8 Å². The molecule has 0 aromatic heterocycles. The maximum Gasteiger partial charge on any atom is 0.0183 e. The van der Waals surface area contributed by atoms with Crippen LogP contribution in [0.15, 0.2) is 49.1 Å². The summed E-state index contributed by atoms with van der Waals surface area (Å²) in [6.45, 7) is 15.3. The van der Waals surface area contributed by atoms with Crippen LogP contribution >= 0.6 is 0 Å². The normalized spacial score (nSPS) is 7.25. The Hall–Kier alpha value is -1.08. The first-order chi connectivity index (χ1) is 5.79. The fourth-order valence-corrected chi connectivity index (χ4v) is 0.665. The van der Waals surface area contributed by atoms with Crippen molar-refractivity contribution in [3.63, 3.8) is 0 Å². The van der Waals surface area contributed by atoms with E-state index in [1.165, 1.54) is 0 Å². The molecule has 0 atom stereocenters. The summed E-state index contributed by atoms with van der Waals surface area (Å²) < 4.78 is 0. The highest BCUT2D eigenvalue weighted by Gasteiger charge is 1.91. The van der Waals surface area contributed by atoms with Crippen LogP contribution in [0.5, 0.6) is 0 Å². The molecule has 0 saturated heterocycles. The first kappa shape index (κ1) is 13.5. The summed E-state index contributed by atoms with van der Waals surface area (Å²) in [7, 11) is 0. The van der Waals surface area contributed by atoms with E-state index in [1.54, 1.807) is 18.2 Å². The molecule has 0 aliphatic carbocycles. The third-order valence-electron chi connectivity index (χ3n) is 1.28. The SMILES string of the molecule is C=CC(C=C)=C(C=C)CN.CC. The van der Waals surface area contributed by atoms with Gasteiger partial charge in [0.15, 0.2) is 0 Å². The third-order valence-corrected chi connectivity index (χ3v) is 1.28. The number of hydrogen-bond acceptors (Lipinski definition) is 1. The smallest absolute Gasteiger partial charge is 0.0183 e. The largest absolute Gasteiger partial charge is 0.326 e. The average molecular weight is 165 g/mol. The Balaban J connectivity index is 0. The van der Waals surface area contributed by atoms with Crippen LogP contribution in [0.3, 0.4) is 0 Å². The molecule has 1 nitrogen and oxygen atoms in total. The lowest BCUT2D eigenvalue weighted by molar-refractivity contribution is 1.17. The van der Waals surface area contributed by atoms with Gasteiger partial charge in [-0.3, -0.25) is 0 Å². The van der Waals surface area contributed by atoms with E-state index in [0.717, 1.165) is 11.1 Å². The minimum absolute atomic E-state index is 0.483. The highest BCUT2D eigenvalue weighted by Crippen LogP contribution is 2.05. The lowest BCUT2D eigenvalue weighted by Crippen LogP contribution is -2.02. The molecule has 0 radical (unpaired) electrons. The first-order valence-corrected chi connectivity index (χ1v) is 4.10. The second kappa shape index (κ2) is 9.92. The van der Waals surface area contributed by atoms with E-state index in [-0.39, 0.29) is 0 Å². The van der Waals surface area contributed by atoms with E-state index >= 15 is 0 Å². The van der Waals surface area contributed by atoms with E-state index in [2.05, 4.69) is 19.7 Å². The van der Waals surface area contributed by atoms with Gasteiger partial charge in [-0.2, -0.15) is 0 Å². The summed E-state index contributed by atoms with van der Waals surface area (Å²) in [5.41, 5.74) is 7.34. The molecular weight excluding hydrogens is 146 g/mol. The van der Waals surface area contributed by atoms with E-state index in [4.69, 9.17) is 5.73 Å². The average Bonchev–Trinajstić information content (AvgIpc) is 2.17. The molecule has 0 spiro atoms. The summed E-state index contributed by atoms with van der Waals surface area (Å²) in [6, 6.07) is 0. The van der Waals surface area contributed by atoms with Crippen LogP contribution < -0.4 is 5.73 Å². The molecule has 0 aliphatic heterocycles. The highest BCUT2D eigenvalue weighted by molar-refractivity contribution is 5.39. The molecule has 0 aromatic carbocycles. The summed E-state index contributed by atoms with van der Waals surface area (Å²) in [5.74, 6) is 0. The van der Waals surface area contributed by atoms with E-state index < -0.39 is 0 Å². The molecule has 0 unspecified atom stereocenters. The van der Waals surface area contributed by atoms with Crippen LogP contribution in [-0.2, 0) is 0 Å². The molecular formula is C11H19N. The summed E-state index contributed by atoms with van der Waals surface area (Å²) in [5, 5.41) is 0. The van der Waals surface area contributed by atoms with Crippen LogP contribution in [0.2, 0.25) is 0 Å². The standard InChI is InChI=1S/C9H13N.C2H6/c1-4-8(5-2)9(6-3)7-10;1-2/h4-6H,1-3,7,10H2;1-2H3. The fraction of sp³-hybridized carbons (Fsp3) is 0.273. The van der Waals surface area contributed by atoms with Crippen LogP contribution in [0.4, 0.5) is 0 Å². The van der Waals surface area contributed by atoms with Gasteiger partial charge in [0.05, 0.1) is 0 Å². The molecule has 0 bridgehead atoms. The molecule has 0 heterocycles. The van der Waals surface area contributed by atoms with Gasteiger partial charge in [-0.25, -0.2) is 0 Å². The maximum absolute atomic E-state index is 5.41. The highest BCUT2D eigenvalue weighted by atomic mass is 14.5. The van der Waals surface area contributed by atoms with Crippen LogP contribution in [0, 0.1) is 0 Å². The second-order valence-electron chi connectivity index (χ2n) is 1.80. The zero-order valence-electron chi connectivity index (χ0n) is 8.14. The second-order valence-corrected chi connectivity index (χ2v) is 1.80. The van der Waals surface area contributed by atoms with Crippen LogP contribution in [-0.4, -0.2) is 6.54 Å². The summed E-state index contributed by atoms with van der Waals surface area (Å²) in [4.78, 5) is 0. The monoisotopic (exact) mass is 165 g/mol. The number of nitrogens with two attached hydrogens (primary N) is 1. The molecule has 0 saturated carbocycles. The van der Waals surface area contributed by atoms with E-state index in [0.29, 0.717) is 6.54 Å². The molecule has 12 heavy (non-hydrogen) atoms. The Morgan fingerprint density at radius 3 is 1.58 bits per heavy atom. The minimum Gasteiger partial charge on any atom is -0.326 e. The van der Waals surface area contributed by atoms with Gasteiger partial charge in [0, 0.05) is 6.54 Å². The van der Waals surface area contributed by atoms with Gasteiger partial charge in [0.2, 0.25) is 0 Å². The van der Waals surface area contributed by atoms with Gasteiger partial charge >= 0.3 is 0 Å². The van der Waals surface area contributed by atoms with Crippen LogP contribution in [0.1, 0.15) is 13.8 Å². The van der Waals surface area contributed by atoms with Crippen molar-refractivity contribution in [1.29, 1.82) is 0 Å². The van der Waals surface area contributed by atoms with Crippen molar-refractivity contribution in [2.45, 2.75) is 13.8 Å². The fourth-order valence-electron chi connectivity index (χ4n) is 0.665. The van der Waals surface area contributed by atoms with Crippen molar-refractivity contribution in [3.05, 3.63) is 49.1 Å². The Bertz CT molecular complexity index is 165. The maximum atomic E-state index is 5.41. The third kappa shape index (κ3) is 4.69. The number of hydrogen-bond donors (Lipinski definition) is 1. The molecule has 2 N–H and O–H groups in total. The van der Waals surface area contributed by atoms with Crippen LogP contribution in [0.25, 0.3) is 0 Å². The Labute approximate surface area is 76.0 Å². The van der Waals surface area contributed by atoms with Gasteiger partial charge in [0.1, 0.15) is 0 Å². The van der Waals surface area contributed by atoms with Crippen molar-refractivity contribution < 1.29 is 0 Å². The lowest BCUT2D eigenvalue weighted by Gasteiger charge is -1.99. The molecule has 68 valence electrons. The van der Waals surface area contributed by atoms with Crippen molar-refractivity contribution in [3.8, 4) is 0 Å². The van der Waals surface area contributed by atoms with Crippen molar-refractivity contribution in [2.75, 3.05) is 6.54 Å². The molecule has 0 rings (SSSR count). The Morgan fingerprint density at radius 1 is 1.08 bits per heavy atom. The summed E-state index contributed by atoms with van der Waals surface area (Å²) in [6.07, 6.45) is 5.16. The minimum atomic E-state index is 0.483. The Morgan fingerprint density at radius 2 is 1.50 bits per heavy atom.